The van der Waals surface area contributed by atoms with Crippen molar-refractivity contribution in [3.63, 3.8) is 0 Å². The quantitative estimate of drug-likeness (QED) is 0.789. The van der Waals surface area contributed by atoms with E-state index in [4.69, 9.17) is 5.26 Å². The normalized spacial score (nSPS) is 11.8. The number of sulfonamides is 2. The number of rotatable bonds is 3. The molecule has 0 unspecified atom stereocenters. The maximum absolute atomic E-state index is 11.4. The lowest BCUT2D eigenvalue weighted by molar-refractivity contribution is 0.590. The van der Waals surface area contributed by atoms with Crippen LogP contribution < -0.4 is 3.71 Å². The van der Waals surface area contributed by atoms with Crippen molar-refractivity contribution >= 4 is 25.7 Å². The van der Waals surface area contributed by atoms with Crippen LogP contribution in [0.25, 0.3) is 0 Å². The lowest BCUT2D eigenvalue weighted by Crippen LogP contribution is -2.35. The third-order valence-corrected chi connectivity index (χ3v) is 5.04. The molecule has 1 aromatic carbocycles. The molecule has 0 aliphatic heterocycles. The molecule has 0 heterocycles. The average molecular weight is 274 g/mol. The molecule has 8 heteroatoms. The number of nitrogens with zero attached hydrogens (tertiary/aromatic N) is 2. The standard InChI is InChI=1S/C9H10N2O4S2/c1-16(12,13)11(17(2,14)15)9-5-3-4-8(6-9)7-10/h3-6H,1-2H3. The molecule has 0 aromatic heterocycles. The molecular formula is C9H10N2O4S2. The molecule has 0 saturated heterocycles. The van der Waals surface area contributed by atoms with Crippen LogP contribution in [0.15, 0.2) is 24.3 Å². The smallest absolute Gasteiger partial charge is 0.206 e. The molecule has 1 aromatic rings. The first-order valence-electron chi connectivity index (χ1n) is 4.37. The molecule has 0 N–H and O–H groups in total. The summed E-state index contributed by atoms with van der Waals surface area (Å²) < 4.78 is 46.1. The fourth-order valence-corrected chi connectivity index (χ4v) is 4.28. The van der Waals surface area contributed by atoms with Gasteiger partial charge in [-0.15, -0.1) is 0 Å². The molecule has 0 aliphatic carbocycles. The minimum Gasteiger partial charge on any atom is -0.206 e. The fraction of sp³-hybridized carbons (Fsp3) is 0.222. The van der Waals surface area contributed by atoms with Gasteiger partial charge in [0, 0.05) is 0 Å². The Hall–Kier alpha value is -1.59. The Morgan fingerprint density at radius 3 is 2.06 bits per heavy atom. The van der Waals surface area contributed by atoms with Gasteiger partial charge in [-0.05, 0) is 18.2 Å². The van der Waals surface area contributed by atoms with Crippen LogP contribution in [0.2, 0.25) is 0 Å². The van der Waals surface area contributed by atoms with Crippen LogP contribution in [-0.4, -0.2) is 29.3 Å². The van der Waals surface area contributed by atoms with E-state index >= 15 is 0 Å². The highest BCUT2D eigenvalue weighted by Gasteiger charge is 2.27. The van der Waals surface area contributed by atoms with Crippen LogP contribution in [0.3, 0.4) is 0 Å². The summed E-state index contributed by atoms with van der Waals surface area (Å²) in [4.78, 5) is 0. The molecule has 1 rings (SSSR count). The Morgan fingerprint density at radius 1 is 1.12 bits per heavy atom. The minimum atomic E-state index is -3.96. The monoisotopic (exact) mass is 274 g/mol. The highest BCUT2D eigenvalue weighted by molar-refractivity contribution is 8.09. The summed E-state index contributed by atoms with van der Waals surface area (Å²) in [7, 11) is -7.93. The van der Waals surface area contributed by atoms with Crippen molar-refractivity contribution < 1.29 is 16.8 Å². The number of benzene rings is 1. The fourth-order valence-electron chi connectivity index (χ4n) is 1.32. The van der Waals surface area contributed by atoms with E-state index in [9.17, 15) is 16.8 Å². The van der Waals surface area contributed by atoms with Crippen molar-refractivity contribution in [1.82, 2.24) is 0 Å². The van der Waals surface area contributed by atoms with E-state index in [1.165, 1.54) is 24.3 Å². The first-order chi connectivity index (χ1) is 7.66. The Balaban J connectivity index is 3.51. The first kappa shape index (κ1) is 13.5. The summed E-state index contributed by atoms with van der Waals surface area (Å²) >= 11 is 0. The van der Waals surface area contributed by atoms with E-state index in [-0.39, 0.29) is 11.3 Å². The zero-order valence-corrected chi connectivity index (χ0v) is 10.8. The second-order valence-electron chi connectivity index (χ2n) is 3.39. The van der Waals surface area contributed by atoms with E-state index in [2.05, 4.69) is 0 Å². The number of hydrogen-bond acceptors (Lipinski definition) is 5. The zero-order valence-electron chi connectivity index (χ0n) is 9.15. The van der Waals surface area contributed by atoms with E-state index in [0.29, 0.717) is 3.71 Å². The summed E-state index contributed by atoms with van der Waals surface area (Å²) in [5.41, 5.74) is 0.105. The molecule has 0 spiro atoms. The lowest BCUT2D eigenvalue weighted by atomic mass is 10.2. The molecule has 0 fully saturated rings. The van der Waals surface area contributed by atoms with Gasteiger partial charge in [0.2, 0.25) is 20.0 Å². The first-order valence-corrected chi connectivity index (χ1v) is 8.06. The van der Waals surface area contributed by atoms with Gasteiger partial charge in [-0.25, -0.2) is 16.8 Å². The van der Waals surface area contributed by atoms with Gasteiger partial charge in [0.05, 0.1) is 29.8 Å². The maximum Gasteiger partial charge on any atom is 0.245 e. The zero-order chi connectivity index (χ0) is 13.3. The molecule has 92 valence electrons. The van der Waals surface area contributed by atoms with Crippen molar-refractivity contribution in [3.05, 3.63) is 29.8 Å². The van der Waals surface area contributed by atoms with Gasteiger partial charge in [0.1, 0.15) is 0 Å². The maximum atomic E-state index is 11.4. The Morgan fingerprint density at radius 2 is 1.65 bits per heavy atom. The van der Waals surface area contributed by atoms with Crippen LogP contribution in [0.4, 0.5) is 5.69 Å². The average Bonchev–Trinajstić information content (AvgIpc) is 2.13. The lowest BCUT2D eigenvalue weighted by Gasteiger charge is -2.19. The van der Waals surface area contributed by atoms with Crippen LogP contribution in [0.1, 0.15) is 5.56 Å². The van der Waals surface area contributed by atoms with Gasteiger partial charge < -0.3 is 0 Å². The summed E-state index contributed by atoms with van der Waals surface area (Å²) in [6, 6.07) is 7.18. The topological polar surface area (TPSA) is 95.3 Å². The molecule has 6 nitrogen and oxygen atoms in total. The second-order valence-corrected chi connectivity index (χ2v) is 7.28. The predicted molar refractivity (Wildman–Crippen MR) is 63.3 cm³/mol. The van der Waals surface area contributed by atoms with Gasteiger partial charge >= 0.3 is 0 Å². The van der Waals surface area contributed by atoms with Crippen LogP contribution >= 0.6 is 0 Å². The van der Waals surface area contributed by atoms with Crippen molar-refractivity contribution in [3.8, 4) is 6.07 Å². The van der Waals surface area contributed by atoms with Crippen molar-refractivity contribution in [2.45, 2.75) is 0 Å². The minimum absolute atomic E-state index is 0.0750. The van der Waals surface area contributed by atoms with Gasteiger partial charge in [0.15, 0.2) is 0 Å². The largest absolute Gasteiger partial charge is 0.245 e. The predicted octanol–water partition coefficient (Wildman–Crippen LogP) is 0.284. The summed E-state index contributed by atoms with van der Waals surface area (Å²) in [6.07, 6.45) is 1.57. The van der Waals surface area contributed by atoms with Crippen molar-refractivity contribution in [2.24, 2.45) is 0 Å². The summed E-state index contributed by atoms with van der Waals surface area (Å²) in [5, 5.41) is 8.68. The Bertz CT molecular complexity index is 639. The van der Waals surface area contributed by atoms with Crippen LogP contribution in [0.5, 0.6) is 0 Å². The number of hydrogen-bond donors (Lipinski definition) is 0. The van der Waals surface area contributed by atoms with Crippen LogP contribution in [0, 0.1) is 11.3 Å². The van der Waals surface area contributed by atoms with Crippen molar-refractivity contribution in [2.75, 3.05) is 16.2 Å². The highest BCUT2D eigenvalue weighted by Crippen LogP contribution is 2.21. The van der Waals surface area contributed by atoms with Crippen molar-refractivity contribution in [1.29, 1.82) is 5.26 Å². The molecule has 0 radical (unpaired) electrons. The molecular weight excluding hydrogens is 264 g/mol. The van der Waals surface area contributed by atoms with Gasteiger partial charge in [-0.2, -0.15) is 8.97 Å². The molecule has 0 atom stereocenters. The Labute approximate surface area is 100 Å². The van der Waals surface area contributed by atoms with Gasteiger partial charge in [-0.1, -0.05) is 6.07 Å². The molecule has 0 saturated carbocycles. The third-order valence-electron chi connectivity index (χ3n) is 1.79. The number of nitriles is 1. The molecule has 17 heavy (non-hydrogen) atoms. The molecule has 0 aliphatic rings. The van der Waals surface area contributed by atoms with Gasteiger partial charge in [0.25, 0.3) is 0 Å². The highest BCUT2D eigenvalue weighted by atomic mass is 32.3. The summed E-state index contributed by atoms with van der Waals surface area (Å²) in [5.74, 6) is 0. The Kier molecular flexibility index (Phi) is 3.45. The van der Waals surface area contributed by atoms with E-state index in [0.717, 1.165) is 12.5 Å². The third kappa shape index (κ3) is 3.18. The van der Waals surface area contributed by atoms with E-state index in [1.807, 2.05) is 6.07 Å². The number of anilines is 1. The SMILES string of the molecule is CS(=O)(=O)N(c1cccc(C#N)c1)S(C)(=O)=O. The molecule has 0 bridgehead atoms. The summed E-state index contributed by atoms with van der Waals surface area (Å²) in [6.45, 7) is 0. The second kappa shape index (κ2) is 4.35. The van der Waals surface area contributed by atoms with E-state index in [1.54, 1.807) is 0 Å². The van der Waals surface area contributed by atoms with Gasteiger partial charge in [-0.3, -0.25) is 0 Å². The van der Waals surface area contributed by atoms with Crippen LogP contribution in [-0.2, 0) is 20.0 Å². The molecule has 0 amide bonds. The van der Waals surface area contributed by atoms with E-state index < -0.39 is 20.0 Å².